The van der Waals surface area contributed by atoms with Gasteiger partial charge in [-0.25, -0.2) is 0 Å². The summed E-state index contributed by atoms with van der Waals surface area (Å²) in [6.45, 7) is 0. The smallest absolute Gasteiger partial charge is 0.321 e. The molecule has 0 fully saturated rings. The van der Waals surface area contributed by atoms with E-state index in [0.717, 1.165) is 0 Å². The zero-order valence-electron chi connectivity index (χ0n) is 7.18. The van der Waals surface area contributed by atoms with Gasteiger partial charge in [0.2, 0.25) is 5.24 Å². The second kappa shape index (κ2) is 7.36. The van der Waals surface area contributed by atoms with E-state index in [0.29, 0.717) is 5.75 Å². The molecule has 8 heteroatoms. The monoisotopic (exact) mass is 258 g/mol. The Bertz CT molecular complexity index is 195. The second-order valence-corrected chi connectivity index (χ2v) is 5.35. The Hall–Kier alpha value is 0.0500. The molecule has 0 rings (SSSR count). The number of hydrogen-bond donors (Lipinski definition) is 3. The second-order valence-electron chi connectivity index (χ2n) is 2.42. The summed E-state index contributed by atoms with van der Waals surface area (Å²) >= 11 is 5.11. The third-order valence-corrected chi connectivity index (χ3v) is 3.94. The van der Waals surface area contributed by atoms with Crippen LogP contribution in [0.25, 0.3) is 0 Å². The van der Waals surface area contributed by atoms with Gasteiger partial charge < -0.3 is 16.6 Å². The molecular weight excluding hydrogens is 248 g/mol. The SMILES string of the molecule is N[C@@H](CSSC[C@H](N)C(=O)Cl)C(=O)O. The summed E-state index contributed by atoms with van der Waals surface area (Å²) < 4.78 is 0. The number of nitrogens with two attached hydrogens (primary N) is 2. The quantitative estimate of drug-likeness (QED) is 0.332. The minimum absolute atomic E-state index is 0.267. The van der Waals surface area contributed by atoms with E-state index in [1.165, 1.54) is 21.6 Å². The molecule has 0 aliphatic carbocycles. The topological polar surface area (TPSA) is 106 Å². The molecule has 5 N–H and O–H groups in total. The van der Waals surface area contributed by atoms with Crippen molar-refractivity contribution in [1.82, 2.24) is 0 Å². The highest BCUT2D eigenvalue weighted by Crippen LogP contribution is 2.22. The van der Waals surface area contributed by atoms with Gasteiger partial charge in [0.05, 0.1) is 6.04 Å². The van der Waals surface area contributed by atoms with Crippen LogP contribution in [0.2, 0.25) is 0 Å². The van der Waals surface area contributed by atoms with Gasteiger partial charge in [0.25, 0.3) is 0 Å². The molecule has 0 aliphatic heterocycles. The van der Waals surface area contributed by atoms with Crippen LogP contribution in [-0.2, 0) is 9.59 Å². The van der Waals surface area contributed by atoms with Crippen LogP contribution in [0.15, 0.2) is 0 Å². The van der Waals surface area contributed by atoms with Gasteiger partial charge >= 0.3 is 5.97 Å². The minimum atomic E-state index is -1.05. The van der Waals surface area contributed by atoms with E-state index in [-0.39, 0.29) is 5.75 Å². The zero-order valence-corrected chi connectivity index (χ0v) is 9.57. The third kappa shape index (κ3) is 6.50. The van der Waals surface area contributed by atoms with Crippen LogP contribution in [0, 0.1) is 0 Å². The van der Waals surface area contributed by atoms with Gasteiger partial charge in [0.1, 0.15) is 6.04 Å². The van der Waals surface area contributed by atoms with Crippen molar-refractivity contribution in [2.24, 2.45) is 11.5 Å². The van der Waals surface area contributed by atoms with Crippen molar-refractivity contribution < 1.29 is 14.7 Å². The molecule has 0 heterocycles. The van der Waals surface area contributed by atoms with Crippen molar-refractivity contribution in [2.45, 2.75) is 12.1 Å². The fourth-order valence-corrected chi connectivity index (χ4v) is 2.78. The third-order valence-electron chi connectivity index (χ3n) is 1.19. The maximum Gasteiger partial charge on any atom is 0.321 e. The molecule has 0 aliphatic rings. The van der Waals surface area contributed by atoms with Gasteiger partial charge in [-0.05, 0) is 11.6 Å². The van der Waals surface area contributed by atoms with E-state index < -0.39 is 23.3 Å². The molecule has 2 atom stereocenters. The molecule has 0 aromatic carbocycles. The predicted octanol–water partition coefficient (Wildman–Crippen LogP) is -0.128. The van der Waals surface area contributed by atoms with Crippen LogP contribution in [0.3, 0.4) is 0 Å². The molecule has 14 heavy (non-hydrogen) atoms. The van der Waals surface area contributed by atoms with E-state index in [1.54, 1.807) is 0 Å². The summed E-state index contributed by atoms with van der Waals surface area (Å²) in [4.78, 5) is 20.8. The van der Waals surface area contributed by atoms with Crippen LogP contribution in [0.5, 0.6) is 0 Å². The number of halogens is 1. The normalized spacial score (nSPS) is 14.8. The maximum absolute atomic E-state index is 10.5. The van der Waals surface area contributed by atoms with Crippen LogP contribution in [0.1, 0.15) is 0 Å². The Balaban J connectivity index is 3.47. The molecule has 0 spiro atoms. The lowest BCUT2D eigenvalue weighted by molar-refractivity contribution is -0.137. The lowest BCUT2D eigenvalue weighted by Gasteiger charge is -2.07. The van der Waals surface area contributed by atoms with Crippen molar-refractivity contribution in [3.8, 4) is 0 Å². The summed E-state index contributed by atoms with van der Waals surface area (Å²) in [5, 5.41) is 7.83. The highest BCUT2D eigenvalue weighted by molar-refractivity contribution is 8.76. The van der Waals surface area contributed by atoms with Crippen molar-refractivity contribution in [2.75, 3.05) is 11.5 Å². The average Bonchev–Trinajstić information content (AvgIpc) is 2.11. The number of carbonyl (C=O) groups excluding carboxylic acids is 1. The zero-order chi connectivity index (χ0) is 11.1. The first-order valence-corrected chi connectivity index (χ1v) is 6.49. The van der Waals surface area contributed by atoms with Gasteiger partial charge in [-0.2, -0.15) is 0 Å². The molecule has 0 aromatic rings. The fourth-order valence-electron chi connectivity index (χ4n) is 0.380. The molecule has 0 radical (unpaired) electrons. The van der Waals surface area contributed by atoms with E-state index in [9.17, 15) is 9.59 Å². The number of rotatable bonds is 7. The van der Waals surface area contributed by atoms with Crippen LogP contribution in [-0.4, -0.2) is 39.9 Å². The molecule has 0 saturated heterocycles. The summed E-state index contributed by atoms with van der Waals surface area (Å²) in [7, 11) is 2.53. The first-order chi connectivity index (χ1) is 6.45. The van der Waals surface area contributed by atoms with E-state index >= 15 is 0 Å². The van der Waals surface area contributed by atoms with E-state index in [4.69, 9.17) is 28.2 Å². The van der Waals surface area contributed by atoms with E-state index in [2.05, 4.69) is 0 Å². The average molecular weight is 259 g/mol. The summed E-state index contributed by atoms with van der Waals surface area (Å²) in [5.74, 6) is -0.432. The maximum atomic E-state index is 10.5. The van der Waals surface area contributed by atoms with Gasteiger partial charge in [-0.1, -0.05) is 21.6 Å². The van der Waals surface area contributed by atoms with Crippen LogP contribution < -0.4 is 11.5 Å². The fraction of sp³-hybridized carbons (Fsp3) is 0.667. The van der Waals surface area contributed by atoms with Crippen molar-refractivity contribution in [1.29, 1.82) is 0 Å². The molecule has 0 aromatic heterocycles. The number of aliphatic carboxylic acids is 1. The first kappa shape index (κ1) is 14.1. The number of carboxylic acid groups (broad SMARTS) is 1. The summed E-state index contributed by atoms with van der Waals surface area (Å²) in [5.41, 5.74) is 10.6. The predicted molar refractivity (Wildman–Crippen MR) is 59.4 cm³/mol. The van der Waals surface area contributed by atoms with Gasteiger partial charge in [-0.3, -0.25) is 9.59 Å². The summed E-state index contributed by atoms with van der Waals surface area (Å²) in [6.07, 6.45) is 0. The standard InChI is InChI=1S/C6H11ClN2O3S2/c7-5(10)3(8)1-13-14-2-4(9)6(11)12/h3-4H,1-2,8-9H2,(H,11,12)/t3-,4-/m0/s1. The Morgan fingerprint density at radius 3 is 2.00 bits per heavy atom. The molecule has 5 nitrogen and oxygen atoms in total. The number of hydrogen-bond acceptors (Lipinski definition) is 6. The number of carboxylic acids is 1. The Labute approximate surface area is 94.3 Å². The Morgan fingerprint density at radius 1 is 1.21 bits per heavy atom. The largest absolute Gasteiger partial charge is 0.480 e. The Kier molecular flexibility index (Phi) is 7.38. The highest BCUT2D eigenvalue weighted by Gasteiger charge is 2.13. The van der Waals surface area contributed by atoms with Gasteiger partial charge in [0, 0.05) is 11.5 Å². The number of carbonyl (C=O) groups is 2. The summed E-state index contributed by atoms with van der Waals surface area (Å²) in [6, 6.07) is -1.61. The molecular formula is C6H11ClN2O3S2. The van der Waals surface area contributed by atoms with Crippen molar-refractivity contribution in [3.63, 3.8) is 0 Å². The molecule has 0 bridgehead atoms. The lowest BCUT2D eigenvalue weighted by atomic mass is 10.4. The molecule has 0 saturated carbocycles. The van der Waals surface area contributed by atoms with Crippen molar-refractivity contribution >= 4 is 44.4 Å². The highest BCUT2D eigenvalue weighted by atomic mass is 35.5. The van der Waals surface area contributed by atoms with Gasteiger partial charge in [-0.15, -0.1) is 0 Å². The first-order valence-electron chi connectivity index (χ1n) is 3.63. The van der Waals surface area contributed by atoms with Crippen molar-refractivity contribution in [3.05, 3.63) is 0 Å². The van der Waals surface area contributed by atoms with Gasteiger partial charge in [0.15, 0.2) is 0 Å². The Morgan fingerprint density at radius 2 is 1.64 bits per heavy atom. The molecule has 0 unspecified atom stereocenters. The minimum Gasteiger partial charge on any atom is -0.480 e. The lowest BCUT2D eigenvalue weighted by Crippen LogP contribution is -2.32. The molecule has 0 amide bonds. The van der Waals surface area contributed by atoms with E-state index in [1.807, 2.05) is 0 Å². The van der Waals surface area contributed by atoms with Crippen LogP contribution in [0.4, 0.5) is 0 Å². The van der Waals surface area contributed by atoms with Crippen LogP contribution >= 0.6 is 33.2 Å². The molecule has 82 valence electrons.